The summed E-state index contributed by atoms with van der Waals surface area (Å²) < 4.78 is 0. The van der Waals surface area contributed by atoms with Gasteiger partial charge >= 0.3 is 0 Å². The van der Waals surface area contributed by atoms with Crippen molar-refractivity contribution in [3.05, 3.63) is 12.4 Å². The molecule has 3 N–H and O–H groups in total. The molecule has 0 aliphatic rings. The van der Waals surface area contributed by atoms with E-state index in [1.54, 1.807) is 11.2 Å². The maximum absolute atomic E-state index is 4.93. The lowest BCUT2D eigenvalue weighted by Crippen LogP contribution is -2.18. The van der Waals surface area contributed by atoms with Crippen LogP contribution in [0.5, 0.6) is 0 Å². The summed E-state index contributed by atoms with van der Waals surface area (Å²) in [6, 6.07) is 0. The molecule has 0 aliphatic carbocycles. The molecular formula is C6H13N5. The van der Waals surface area contributed by atoms with E-state index in [0.717, 1.165) is 0 Å². The molecule has 0 radical (unpaired) electrons. The Labute approximate surface area is 66.3 Å². The van der Waals surface area contributed by atoms with Gasteiger partial charge in [-0.3, -0.25) is 0 Å². The van der Waals surface area contributed by atoms with Crippen LogP contribution in [0.4, 0.5) is 0 Å². The minimum absolute atomic E-state index is 0.400. The third kappa shape index (κ3) is 6.53. The van der Waals surface area contributed by atoms with Crippen molar-refractivity contribution in [3.63, 3.8) is 0 Å². The van der Waals surface area contributed by atoms with Crippen molar-refractivity contribution in [3.8, 4) is 0 Å². The minimum atomic E-state index is 0.400. The average Bonchev–Trinajstić information content (AvgIpc) is 1.97. The molecule has 0 spiro atoms. The Morgan fingerprint density at radius 2 is 2.18 bits per heavy atom. The molecule has 5 heteroatoms. The molecule has 0 aromatic rings. The molecule has 0 saturated heterocycles. The number of nitrogens with zero attached hydrogens (tertiary/aromatic N) is 3. The predicted molar refractivity (Wildman–Crippen MR) is 47.1 cm³/mol. The Morgan fingerprint density at radius 1 is 1.55 bits per heavy atom. The zero-order valence-electron chi connectivity index (χ0n) is 6.78. The molecule has 0 aromatic heterocycles. The maximum atomic E-state index is 4.93. The zero-order valence-corrected chi connectivity index (χ0v) is 6.78. The molecule has 11 heavy (non-hydrogen) atoms. The second-order valence-electron chi connectivity index (χ2n) is 2.05. The highest BCUT2D eigenvalue weighted by Crippen LogP contribution is 1.90. The van der Waals surface area contributed by atoms with Gasteiger partial charge in [0.15, 0.2) is 0 Å². The first-order valence-corrected chi connectivity index (χ1v) is 3.05. The molecule has 0 aromatic carbocycles. The summed E-state index contributed by atoms with van der Waals surface area (Å²) in [6.45, 7) is 3.55. The Balaban J connectivity index is 3.78. The van der Waals surface area contributed by atoms with Gasteiger partial charge in [-0.15, -0.1) is 0 Å². The molecule has 0 atom stereocenters. The van der Waals surface area contributed by atoms with Crippen LogP contribution < -0.4 is 11.3 Å². The van der Waals surface area contributed by atoms with Crippen LogP contribution >= 0.6 is 0 Å². The van der Waals surface area contributed by atoms with Crippen LogP contribution in [-0.4, -0.2) is 31.7 Å². The monoisotopic (exact) mass is 155 g/mol. The first-order chi connectivity index (χ1) is 5.16. The Kier molecular flexibility index (Phi) is 4.76. The molecule has 0 rings (SSSR count). The van der Waals surface area contributed by atoms with Gasteiger partial charge in [0.25, 0.3) is 0 Å². The van der Waals surface area contributed by atoms with E-state index in [1.165, 1.54) is 6.34 Å². The third-order valence-electron chi connectivity index (χ3n) is 0.726. The van der Waals surface area contributed by atoms with Crippen molar-refractivity contribution in [2.24, 2.45) is 15.8 Å². The molecule has 0 unspecified atom stereocenters. The Hall–Kier alpha value is -1.36. The van der Waals surface area contributed by atoms with Gasteiger partial charge in [0.1, 0.15) is 12.2 Å². The van der Waals surface area contributed by atoms with Crippen molar-refractivity contribution in [2.45, 2.75) is 0 Å². The molecule has 0 heterocycles. The van der Waals surface area contributed by atoms with Crippen LogP contribution in [0.25, 0.3) is 0 Å². The van der Waals surface area contributed by atoms with Crippen molar-refractivity contribution in [1.29, 1.82) is 0 Å². The van der Waals surface area contributed by atoms with Gasteiger partial charge in [-0.2, -0.15) is 0 Å². The fraction of sp³-hybridized carbons (Fsp3) is 0.333. The largest absolute Gasteiger partial charge is 0.369 e. The van der Waals surface area contributed by atoms with Gasteiger partial charge in [0.2, 0.25) is 0 Å². The van der Waals surface area contributed by atoms with E-state index >= 15 is 0 Å². The van der Waals surface area contributed by atoms with E-state index in [9.17, 15) is 0 Å². The summed E-state index contributed by atoms with van der Waals surface area (Å²) in [4.78, 5) is 9.40. The maximum Gasteiger partial charge on any atom is 0.148 e. The average molecular weight is 155 g/mol. The van der Waals surface area contributed by atoms with Crippen molar-refractivity contribution in [2.75, 3.05) is 14.1 Å². The summed E-state index contributed by atoms with van der Waals surface area (Å²) in [5.74, 6) is 5.33. The van der Waals surface area contributed by atoms with Crippen molar-refractivity contribution >= 4 is 12.7 Å². The Morgan fingerprint density at radius 3 is 2.64 bits per heavy atom. The van der Waals surface area contributed by atoms with E-state index in [4.69, 9.17) is 5.84 Å². The fourth-order valence-corrected chi connectivity index (χ4v) is 0.327. The minimum Gasteiger partial charge on any atom is -0.369 e. The van der Waals surface area contributed by atoms with Crippen molar-refractivity contribution in [1.82, 2.24) is 10.3 Å². The first-order valence-electron chi connectivity index (χ1n) is 3.05. The number of hydrogen-bond acceptors (Lipinski definition) is 3. The van der Waals surface area contributed by atoms with Crippen LogP contribution in [0.15, 0.2) is 22.4 Å². The number of rotatable bonds is 4. The second kappa shape index (κ2) is 5.43. The highest BCUT2D eigenvalue weighted by atomic mass is 15.2. The summed E-state index contributed by atoms with van der Waals surface area (Å²) >= 11 is 0. The molecule has 0 bridgehead atoms. The van der Waals surface area contributed by atoms with Crippen LogP contribution in [-0.2, 0) is 0 Å². The van der Waals surface area contributed by atoms with Crippen LogP contribution in [0.1, 0.15) is 0 Å². The smallest absolute Gasteiger partial charge is 0.148 e. The molecule has 62 valence electrons. The summed E-state index contributed by atoms with van der Waals surface area (Å²) in [6.07, 6.45) is 2.92. The normalized spacial score (nSPS) is 10.8. The van der Waals surface area contributed by atoms with Gasteiger partial charge in [0.05, 0.1) is 6.34 Å². The molecule has 0 amide bonds. The van der Waals surface area contributed by atoms with Gasteiger partial charge in [-0.1, -0.05) is 6.58 Å². The number of hydrazine groups is 1. The number of nitrogens with one attached hydrogen (secondary N) is 1. The lowest BCUT2D eigenvalue weighted by Gasteiger charge is -2.00. The standard InChI is InChI=1S/C6H13N5/c1-6(8-4-10-7)9-5-11(2)3/h4-5H,1,7H2,2-3H3,(H,8,10). The molecular weight excluding hydrogens is 142 g/mol. The second-order valence-corrected chi connectivity index (χ2v) is 2.05. The van der Waals surface area contributed by atoms with E-state index in [0.29, 0.717) is 5.82 Å². The topological polar surface area (TPSA) is 66.0 Å². The van der Waals surface area contributed by atoms with E-state index in [2.05, 4.69) is 22.0 Å². The van der Waals surface area contributed by atoms with Gasteiger partial charge in [-0.25, -0.2) is 15.8 Å². The SMILES string of the molecule is C=C(N=CNN)N=CN(C)C. The number of hydrogen-bond donors (Lipinski definition) is 2. The highest BCUT2D eigenvalue weighted by Gasteiger charge is 1.80. The number of aliphatic imine (C=N–C) groups is 2. The number of nitrogens with two attached hydrogens (primary N) is 1. The lowest BCUT2D eigenvalue weighted by atomic mass is 10.8. The van der Waals surface area contributed by atoms with Crippen molar-refractivity contribution < 1.29 is 0 Å². The van der Waals surface area contributed by atoms with E-state index < -0.39 is 0 Å². The lowest BCUT2D eigenvalue weighted by molar-refractivity contribution is 0.642. The third-order valence-corrected chi connectivity index (χ3v) is 0.726. The van der Waals surface area contributed by atoms with Crippen LogP contribution in [0, 0.1) is 0 Å². The molecule has 5 nitrogen and oxygen atoms in total. The van der Waals surface area contributed by atoms with E-state index in [1.807, 2.05) is 14.1 Å². The van der Waals surface area contributed by atoms with Crippen LogP contribution in [0.3, 0.4) is 0 Å². The van der Waals surface area contributed by atoms with Gasteiger partial charge in [0, 0.05) is 14.1 Å². The van der Waals surface area contributed by atoms with Gasteiger partial charge < -0.3 is 10.3 Å². The summed E-state index contributed by atoms with van der Waals surface area (Å²) in [5.41, 5.74) is 2.25. The highest BCUT2D eigenvalue weighted by molar-refractivity contribution is 5.58. The zero-order chi connectivity index (χ0) is 8.69. The fourth-order valence-electron chi connectivity index (χ4n) is 0.327. The first kappa shape index (κ1) is 9.64. The quantitative estimate of drug-likeness (QED) is 0.250. The predicted octanol–water partition coefficient (Wildman–Crippen LogP) is -0.461. The molecule has 0 aliphatic heterocycles. The molecule has 0 saturated carbocycles. The van der Waals surface area contributed by atoms with Gasteiger partial charge in [-0.05, 0) is 0 Å². The van der Waals surface area contributed by atoms with E-state index in [-0.39, 0.29) is 0 Å². The summed E-state index contributed by atoms with van der Waals surface area (Å²) in [5, 5.41) is 0. The Bertz CT molecular complexity index is 170. The summed E-state index contributed by atoms with van der Waals surface area (Å²) in [7, 11) is 3.73. The molecule has 0 fully saturated rings. The van der Waals surface area contributed by atoms with Crippen LogP contribution in [0.2, 0.25) is 0 Å².